The van der Waals surface area contributed by atoms with Crippen LogP contribution in [0.25, 0.3) is 0 Å². The van der Waals surface area contributed by atoms with Crippen LogP contribution in [0.1, 0.15) is 37.3 Å². The molecule has 3 nitrogen and oxygen atoms in total. The van der Waals surface area contributed by atoms with E-state index in [4.69, 9.17) is 9.47 Å². The first-order chi connectivity index (χ1) is 9.80. The molecule has 3 unspecified atom stereocenters. The number of hydrogen-bond donors (Lipinski definition) is 1. The molecule has 0 spiro atoms. The van der Waals surface area contributed by atoms with Gasteiger partial charge in [-0.3, -0.25) is 0 Å². The molecule has 2 saturated carbocycles. The lowest BCUT2D eigenvalue weighted by atomic mass is 9.99. The fourth-order valence-electron chi connectivity index (χ4n) is 4.17. The van der Waals surface area contributed by atoms with E-state index < -0.39 is 0 Å². The first-order valence-corrected chi connectivity index (χ1v) is 7.69. The van der Waals surface area contributed by atoms with Crippen LogP contribution in [0.4, 0.5) is 0 Å². The zero-order valence-corrected chi connectivity index (χ0v) is 12.7. The first-order valence-electron chi connectivity index (χ1n) is 7.69. The Morgan fingerprint density at radius 2 is 1.70 bits per heavy atom. The summed E-state index contributed by atoms with van der Waals surface area (Å²) >= 11 is 0. The monoisotopic (exact) mass is 275 g/mol. The molecule has 110 valence electrons. The minimum absolute atomic E-state index is 0.447. The van der Waals surface area contributed by atoms with E-state index in [0.717, 1.165) is 29.3 Å². The Morgan fingerprint density at radius 3 is 2.25 bits per heavy atom. The number of nitrogens with one attached hydrogen (secondary N) is 1. The van der Waals surface area contributed by atoms with Gasteiger partial charge in [-0.1, -0.05) is 18.9 Å². The van der Waals surface area contributed by atoms with Crippen molar-refractivity contribution >= 4 is 0 Å². The molecule has 20 heavy (non-hydrogen) atoms. The largest absolute Gasteiger partial charge is 0.493 e. The molecule has 2 fully saturated rings. The van der Waals surface area contributed by atoms with Gasteiger partial charge in [0.25, 0.3) is 0 Å². The summed E-state index contributed by atoms with van der Waals surface area (Å²) in [4.78, 5) is 0. The second-order valence-corrected chi connectivity index (χ2v) is 6.07. The van der Waals surface area contributed by atoms with Gasteiger partial charge in [-0.15, -0.1) is 0 Å². The van der Waals surface area contributed by atoms with Crippen LogP contribution in [0.5, 0.6) is 11.5 Å². The van der Waals surface area contributed by atoms with Crippen molar-refractivity contribution < 1.29 is 9.47 Å². The Balaban J connectivity index is 1.83. The van der Waals surface area contributed by atoms with Gasteiger partial charge < -0.3 is 14.8 Å². The summed E-state index contributed by atoms with van der Waals surface area (Å²) in [6.45, 7) is 0. The Kier molecular flexibility index (Phi) is 3.88. The molecule has 1 aromatic rings. The van der Waals surface area contributed by atoms with E-state index in [1.807, 2.05) is 6.07 Å². The SMILES string of the molecule is CNC(c1ccc(OC)c(OC)c1)C1C2CCCCC21. The maximum Gasteiger partial charge on any atom is 0.161 e. The van der Waals surface area contributed by atoms with Gasteiger partial charge in [-0.2, -0.15) is 0 Å². The van der Waals surface area contributed by atoms with Crippen molar-refractivity contribution in [3.8, 4) is 11.5 Å². The number of methoxy groups -OCH3 is 2. The third kappa shape index (κ3) is 2.28. The molecule has 0 aromatic heterocycles. The molecule has 1 N–H and O–H groups in total. The molecule has 1 aromatic carbocycles. The van der Waals surface area contributed by atoms with Crippen molar-refractivity contribution in [2.75, 3.05) is 21.3 Å². The van der Waals surface area contributed by atoms with Crippen LogP contribution in [0.2, 0.25) is 0 Å². The van der Waals surface area contributed by atoms with Gasteiger partial charge >= 0.3 is 0 Å². The lowest BCUT2D eigenvalue weighted by Crippen LogP contribution is -2.20. The van der Waals surface area contributed by atoms with Crippen LogP contribution in [0, 0.1) is 17.8 Å². The molecule has 0 amide bonds. The number of ether oxygens (including phenoxy) is 2. The molecular formula is C17H25NO2. The fourth-order valence-corrected chi connectivity index (χ4v) is 4.17. The van der Waals surface area contributed by atoms with Gasteiger partial charge in [0.05, 0.1) is 14.2 Å². The standard InChI is InChI=1S/C17H25NO2/c1-18-17(16-12-6-4-5-7-13(12)16)11-8-9-14(19-2)15(10-11)20-3/h8-10,12-13,16-18H,4-7H2,1-3H3. The molecule has 2 aliphatic carbocycles. The summed E-state index contributed by atoms with van der Waals surface area (Å²) in [6.07, 6.45) is 5.67. The summed E-state index contributed by atoms with van der Waals surface area (Å²) in [5.74, 6) is 4.32. The first kappa shape index (κ1) is 13.7. The van der Waals surface area contributed by atoms with Crippen molar-refractivity contribution in [1.29, 1.82) is 0 Å². The van der Waals surface area contributed by atoms with Gasteiger partial charge in [0.15, 0.2) is 11.5 Å². The molecule has 2 aliphatic rings. The molecule has 0 radical (unpaired) electrons. The van der Waals surface area contributed by atoms with E-state index in [-0.39, 0.29) is 0 Å². The van der Waals surface area contributed by atoms with E-state index in [9.17, 15) is 0 Å². The molecule has 0 bridgehead atoms. The summed E-state index contributed by atoms with van der Waals surface area (Å²) < 4.78 is 10.8. The van der Waals surface area contributed by atoms with E-state index in [1.54, 1.807) is 14.2 Å². The highest BCUT2D eigenvalue weighted by Crippen LogP contribution is 2.60. The summed E-state index contributed by atoms with van der Waals surface area (Å²) in [5, 5.41) is 3.53. The second kappa shape index (κ2) is 5.65. The number of fused-ring (bicyclic) bond motifs is 1. The highest BCUT2D eigenvalue weighted by atomic mass is 16.5. The van der Waals surface area contributed by atoms with Crippen molar-refractivity contribution in [3.63, 3.8) is 0 Å². The Morgan fingerprint density at radius 1 is 1.05 bits per heavy atom. The Bertz CT molecular complexity index is 462. The van der Waals surface area contributed by atoms with Crippen molar-refractivity contribution in [3.05, 3.63) is 23.8 Å². The van der Waals surface area contributed by atoms with Crippen LogP contribution >= 0.6 is 0 Å². The van der Waals surface area contributed by atoms with E-state index in [2.05, 4.69) is 24.5 Å². The summed E-state index contributed by atoms with van der Waals surface area (Å²) in [6, 6.07) is 6.77. The Labute approximate surface area is 121 Å². The van der Waals surface area contributed by atoms with Gasteiger partial charge in [0, 0.05) is 6.04 Å². The predicted molar refractivity (Wildman–Crippen MR) is 80.3 cm³/mol. The van der Waals surface area contributed by atoms with Crippen LogP contribution in [-0.2, 0) is 0 Å². The second-order valence-electron chi connectivity index (χ2n) is 6.07. The molecular weight excluding hydrogens is 250 g/mol. The van der Waals surface area contributed by atoms with Gasteiger partial charge in [-0.05, 0) is 55.3 Å². The topological polar surface area (TPSA) is 30.5 Å². The van der Waals surface area contributed by atoms with Crippen LogP contribution in [-0.4, -0.2) is 21.3 Å². The van der Waals surface area contributed by atoms with E-state index in [0.29, 0.717) is 6.04 Å². The Hall–Kier alpha value is -1.22. The van der Waals surface area contributed by atoms with Crippen molar-refractivity contribution in [1.82, 2.24) is 5.32 Å². The zero-order valence-electron chi connectivity index (χ0n) is 12.7. The lowest BCUT2D eigenvalue weighted by molar-refractivity contribution is 0.353. The highest BCUT2D eigenvalue weighted by molar-refractivity contribution is 5.44. The molecule has 0 aliphatic heterocycles. The number of rotatable bonds is 5. The maximum absolute atomic E-state index is 5.44. The number of benzene rings is 1. The van der Waals surface area contributed by atoms with Crippen molar-refractivity contribution in [2.45, 2.75) is 31.7 Å². The van der Waals surface area contributed by atoms with Crippen LogP contribution in [0.3, 0.4) is 0 Å². The molecule has 0 saturated heterocycles. The normalized spacial score (nSPS) is 29.4. The van der Waals surface area contributed by atoms with Crippen LogP contribution in [0.15, 0.2) is 18.2 Å². The average Bonchev–Trinajstić information content (AvgIpc) is 3.22. The third-order valence-electron chi connectivity index (χ3n) is 5.19. The third-order valence-corrected chi connectivity index (χ3v) is 5.19. The quantitative estimate of drug-likeness (QED) is 0.893. The minimum Gasteiger partial charge on any atom is -0.493 e. The molecule has 3 rings (SSSR count). The number of hydrogen-bond acceptors (Lipinski definition) is 3. The zero-order chi connectivity index (χ0) is 14.1. The average molecular weight is 275 g/mol. The molecule has 0 heterocycles. The summed E-state index contributed by atoms with van der Waals surface area (Å²) in [5.41, 5.74) is 1.32. The minimum atomic E-state index is 0.447. The van der Waals surface area contributed by atoms with Crippen LogP contribution < -0.4 is 14.8 Å². The highest BCUT2D eigenvalue weighted by Gasteiger charge is 2.54. The molecule has 3 heteroatoms. The maximum atomic E-state index is 5.44. The van der Waals surface area contributed by atoms with Gasteiger partial charge in [0.1, 0.15) is 0 Å². The van der Waals surface area contributed by atoms with E-state index >= 15 is 0 Å². The van der Waals surface area contributed by atoms with Gasteiger partial charge in [-0.25, -0.2) is 0 Å². The smallest absolute Gasteiger partial charge is 0.161 e. The lowest BCUT2D eigenvalue weighted by Gasteiger charge is -2.19. The summed E-state index contributed by atoms with van der Waals surface area (Å²) in [7, 11) is 5.46. The molecule has 3 atom stereocenters. The fraction of sp³-hybridized carbons (Fsp3) is 0.647. The van der Waals surface area contributed by atoms with Crippen molar-refractivity contribution in [2.24, 2.45) is 17.8 Å². The predicted octanol–water partition coefficient (Wildman–Crippen LogP) is 3.40. The van der Waals surface area contributed by atoms with E-state index in [1.165, 1.54) is 31.2 Å². The van der Waals surface area contributed by atoms with Gasteiger partial charge in [0.2, 0.25) is 0 Å².